The van der Waals surface area contributed by atoms with E-state index in [1.54, 1.807) is 31.2 Å². The van der Waals surface area contributed by atoms with Crippen molar-refractivity contribution in [1.29, 1.82) is 0 Å². The van der Waals surface area contributed by atoms with Crippen molar-refractivity contribution in [3.63, 3.8) is 0 Å². The van der Waals surface area contributed by atoms with Gasteiger partial charge in [-0.05, 0) is 49.4 Å². The van der Waals surface area contributed by atoms with E-state index in [4.69, 9.17) is 9.47 Å². The topological polar surface area (TPSA) is 122 Å². The lowest BCUT2D eigenvalue weighted by molar-refractivity contribution is -0.385. The normalized spacial score (nSPS) is 9.74. The molecule has 0 aliphatic carbocycles. The van der Waals surface area contributed by atoms with Crippen LogP contribution >= 0.6 is 0 Å². The molecule has 9 nitrogen and oxygen atoms in total. The van der Waals surface area contributed by atoms with E-state index in [0.29, 0.717) is 23.7 Å². The number of halogens is 1. The van der Waals surface area contributed by atoms with Crippen LogP contribution in [0, 0.1) is 26.0 Å². The lowest BCUT2D eigenvalue weighted by Gasteiger charge is -2.07. The number of nitro groups is 2. The molecule has 0 bridgehead atoms. The molecule has 3 aromatic rings. The molecule has 0 heterocycles. The minimum atomic E-state index is -0.570. The van der Waals surface area contributed by atoms with E-state index in [2.05, 4.69) is 0 Å². The van der Waals surface area contributed by atoms with Crippen LogP contribution in [0.1, 0.15) is 17.3 Å². The summed E-state index contributed by atoms with van der Waals surface area (Å²) >= 11 is 0. The van der Waals surface area contributed by atoms with E-state index in [-0.39, 0.29) is 11.4 Å². The van der Waals surface area contributed by atoms with Crippen LogP contribution in [0.15, 0.2) is 72.8 Å². The van der Waals surface area contributed by atoms with Gasteiger partial charge in [0, 0.05) is 24.3 Å². The van der Waals surface area contributed by atoms with Gasteiger partial charge in [0.25, 0.3) is 11.4 Å². The van der Waals surface area contributed by atoms with Crippen LogP contribution in [0.5, 0.6) is 11.5 Å². The molecule has 0 unspecified atom stereocenters. The largest absolute Gasteiger partial charge is 0.462 e. The van der Waals surface area contributed by atoms with Crippen molar-refractivity contribution in [2.75, 3.05) is 6.61 Å². The fraction of sp³-hybridized carbons (Fsp3) is 0.0952. The fourth-order valence-corrected chi connectivity index (χ4v) is 2.24. The van der Waals surface area contributed by atoms with Gasteiger partial charge in [-0.3, -0.25) is 20.2 Å². The number of ether oxygens (including phenoxy) is 2. The molecule has 31 heavy (non-hydrogen) atoms. The van der Waals surface area contributed by atoms with E-state index in [0.717, 1.165) is 24.3 Å². The number of rotatable bonds is 6. The fourth-order valence-electron chi connectivity index (χ4n) is 2.24. The first-order chi connectivity index (χ1) is 14.8. The highest BCUT2D eigenvalue weighted by Crippen LogP contribution is 2.24. The van der Waals surface area contributed by atoms with Crippen molar-refractivity contribution in [3.05, 3.63) is 104 Å². The molecule has 3 aromatic carbocycles. The second-order valence-electron chi connectivity index (χ2n) is 5.83. The number of hydrogen-bond donors (Lipinski definition) is 0. The molecule has 3 rings (SSSR count). The summed E-state index contributed by atoms with van der Waals surface area (Å²) in [6.07, 6.45) is 0. The molecule has 0 saturated carbocycles. The summed E-state index contributed by atoms with van der Waals surface area (Å²) in [5, 5.41) is 20.6. The van der Waals surface area contributed by atoms with Crippen LogP contribution < -0.4 is 4.74 Å². The maximum absolute atomic E-state index is 12.1. The van der Waals surface area contributed by atoms with Gasteiger partial charge in [-0.25, -0.2) is 9.18 Å². The van der Waals surface area contributed by atoms with Gasteiger partial charge in [0.1, 0.15) is 17.3 Å². The van der Waals surface area contributed by atoms with Gasteiger partial charge >= 0.3 is 5.97 Å². The highest BCUT2D eigenvalue weighted by atomic mass is 19.1. The Morgan fingerprint density at radius 3 is 1.94 bits per heavy atom. The van der Waals surface area contributed by atoms with E-state index in [9.17, 15) is 29.4 Å². The second-order valence-corrected chi connectivity index (χ2v) is 5.83. The van der Waals surface area contributed by atoms with Gasteiger partial charge in [-0.1, -0.05) is 6.07 Å². The van der Waals surface area contributed by atoms with Crippen molar-refractivity contribution < 1.29 is 28.5 Å². The molecule has 0 N–H and O–H groups in total. The molecule has 160 valence electrons. The van der Waals surface area contributed by atoms with E-state index in [1.807, 2.05) is 0 Å². The summed E-state index contributed by atoms with van der Waals surface area (Å²) in [7, 11) is 0. The van der Waals surface area contributed by atoms with Crippen molar-refractivity contribution in [3.8, 4) is 11.5 Å². The maximum atomic E-state index is 12.1. The zero-order valence-corrected chi connectivity index (χ0v) is 16.3. The zero-order valence-electron chi connectivity index (χ0n) is 16.3. The van der Waals surface area contributed by atoms with Crippen LogP contribution in [-0.2, 0) is 4.74 Å². The first-order valence-corrected chi connectivity index (χ1v) is 8.89. The van der Waals surface area contributed by atoms with Crippen molar-refractivity contribution in [1.82, 2.24) is 0 Å². The first-order valence-electron chi connectivity index (χ1n) is 8.89. The van der Waals surface area contributed by atoms with E-state index < -0.39 is 21.6 Å². The van der Waals surface area contributed by atoms with Gasteiger partial charge in [0.05, 0.1) is 22.0 Å². The van der Waals surface area contributed by atoms with Gasteiger partial charge in [0.2, 0.25) is 0 Å². The summed E-state index contributed by atoms with van der Waals surface area (Å²) in [6, 6.07) is 16.6. The van der Waals surface area contributed by atoms with Crippen LogP contribution in [0.4, 0.5) is 15.8 Å². The Kier molecular flexibility index (Phi) is 8.14. The average Bonchev–Trinajstić information content (AvgIpc) is 2.75. The van der Waals surface area contributed by atoms with Crippen LogP contribution in [-0.4, -0.2) is 22.4 Å². The number of esters is 1. The Bertz CT molecular complexity index is 1050. The molecule has 0 aliphatic rings. The minimum absolute atomic E-state index is 0.0115. The monoisotopic (exact) mass is 428 g/mol. The lowest BCUT2D eigenvalue weighted by atomic mass is 10.2. The molecule has 0 saturated heterocycles. The van der Waals surface area contributed by atoms with Crippen molar-refractivity contribution >= 4 is 17.3 Å². The second kappa shape index (κ2) is 11.0. The summed E-state index contributed by atoms with van der Waals surface area (Å²) in [5.74, 6) is 0.00765. The average molecular weight is 428 g/mol. The van der Waals surface area contributed by atoms with Crippen LogP contribution in [0.3, 0.4) is 0 Å². The number of nitrogens with zero attached hydrogens (tertiary/aromatic N) is 2. The zero-order chi connectivity index (χ0) is 22.8. The highest BCUT2D eigenvalue weighted by Gasteiger charge is 2.09. The van der Waals surface area contributed by atoms with Gasteiger partial charge in [-0.15, -0.1) is 0 Å². The quantitative estimate of drug-likeness (QED) is 0.297. The molecule has 0 radical (unpaired) electrons. The predicted octanol–water partition coefficient (Wildman–Crippen LogP) is 5.30. The smallest absolute Gasteiger partial charge is 0.338 e. The van der Waals surface area contributed by atoms with Crippen LogP contribution in [0.2, 0.25) is 0 Å². The first kappa shape index (κ1) is 22.9. The third kappa shape index (κ3) is 7.20. The molecule has 0 amide bonds. The van der Waals surface area contributed by atoms with Crippen LogP contribution in [0.25, 0.3) is 0 Å². The molecule has 0 fully saturated rings. The predicted molar refractivity (Wildman–Crippen MR) is 109 cm³/mol. The van der Waals surface area contributed by atoms with Gasteiger partial charge < -0.3 is 9.47 Å². The van der Waals surface area contributed by atoms with Gasteiger partial charge in [0.15, 0.2) is 0 Å². The number of hydrogen-bond acceptors (Lipinski definition) is 7. The van der Waals surface area contributed by atoms with Crippen molar-refractivity contribution in [2.24, 2.45) is 0 Å². The Balaban J connectivity index is 0.000000285. The number of non-ortho nitro benzene ring substituents is 2. The lowest BCUT2D eigenvalue weighted by Crippen LogP contribution is -2.04. The summed E-state index contributed by atoms with van der Waals surface area (Å²) < 4.78 is 22.6. The number of carbonyl (C=O) groups excluding carboxylic acids is 1. The standard InChI is InChI=1S/C15H13NO5.C6H4FNO2/c1-2-20-15(17)11-4-3-5-14(10-11)21-13-8-6-12(7-9-13)16(18)19;7-5-1-3-6(4-2-5)8(9)10/h3-10H,2H2,1H3;1-4H. The number of carbonyl (C=O) groups is 1. The molecule has 0 aliphatic heterocycles. The van der Waals surface area contributed by atoms with Gasteiger partial charge in [-0.2, -0.15) is 0 Å². The minimum Gasteiger partial charge on any atom is -0.462 e. The SMILES string of the molecule is CCOC(=O)c1cccc(Oc2ccc([N+](=O)[O-])cc2)c1.O=[N+]([O-])c1ccc(F)cc1. The Labute approximate surface area is 176 Å². The molecule has 10 heteroatoms. The Hall–Kier alpha value is -4.34. The highest BCUT2D eigenvalue weighted by molar-refractivity contribution is 5.89. The maximum Gasteiger partial charge on any atom is 0.338 e. The third-order valence-electron chi connectivity index (χ3n) is 3.67. The van der Waals surface area contributed by atoms with E-state index >= 15 is 0 Å². The number of nitro benzene ring substituents is 2. The van der Waals surface area contributed by atoms with E-state index in [1.165, 1.54) is 24.3 Å². The third-order valence-corrected chi connectivity index (χ3v) is 3.67. The summed E-state index contributed by atoms with van der Waals surface area (Å²) in [6.45, 7) is 2.03. The molecular formula is C21H17FN2O7. The molecule has 0 aromatic heterocycles. The molecular weight excluding hydrogens is 411 g/mol. The summed E-state index contributed by atoms with van der Waals surface area (Å²) in [5.41, 5.74) is 0.278. The van der Waals surface area contributed by atoms with Crippen molar-refractivity contribution in [2.45, 2.75) is 6.92 Å². The number of benzene rings is 3. The molecule has 0 atom stereocenters. The Morgan fingerprint density at radius 1 is 0.871 bits per heavy atom. The summed E-state index contributed by atoms with van der Waals surface area (Å²) in [4.78, 5) is 31.1. The molecule has 0 spiro atoms. The Morgan fingerprint density at radius 2 is 1.42 bits per heavy atom.